The van der Waals surface area contributed by atoms with Gasteiger partial charge in [-0.15, -0.1) is 0 Å². The molecular formula is C12H19N5O. The number of aliphatic imine (C=N–C) groups is 1. The van der Waals surface area contributed by atoms with Crippen LogP contribution in [0, 0.1) is 11.5 Å². The van der Waals surface area contributed by atoms with Crippen LogP contribution in [0.15, 0.2) is 29.4 Å². The van der Waals surface area contributed by atoms with E-state index in [0.29, 0.717) is 5.96 Å². The Morgan fingerprint density at radius 3 is 2.89 bits per heavy atom. The van der Waals surface area contributed by atoms with Crippen LogP contribution in [-0.4, -0.2) is 30.0 Å². The normalized spacial score (nSPS) is 10.1. The average molecular weight is 249 g/mol. The zero-order valence-corrected chi connectivity index (χ0v) is 10.5. The van der Waals surface area contributed by atoms with Crippen LogP contribution in [0.1, 0.15) is 18.5 Å². The second-order valence-corrected chi connectivity index (χ2v) is 3.51. The van der Waals surface area contributed by atoms with Gasteiger partial charge in [0.1, 0.15) is 0 Å². The van der Waals surface area contributed by atoms with Crippen molar-refractivity contribution >= 4 is 5.96 Å². The summed E-state index contributed by atoms with van der Waals surface area (Å²) < 4.78 is 0. The predicted molar refractivity (Wildman–Crippen MR) is 70.9 cm³/mol. The van der Waals surface area contributed by atoms with E-state index in [9.17, 15) is 0 Å². The maximum absolute atomic E-state index is 8.43. The minimum Gasteiger partial charge on any atom is -0.412 e. The molecule has 0 radical (unpaired) electrons. The number of rotatable bonds is 5. The Labute approximate surface area is 107 Å². The van der Waals surface area contributed by atoms with E-state index in [2.05, 4.69) is 20.6 Å². The first-order valence-electron chi connectivity index (χ1n) is 5.62. The standard InChI is InChI=1S/C12H17N5.H2O/c1-14-12(17-10-13)16-9-5-3-7-11-6-2-4-8-15-11;/h2,4,6,8H,3,5,7,9H2,1H3,(H2,14,16,17);1H2. The summed E-state index contributed by atoms with van der Waals surface area (Å²) in [6.45, 7) is 0.800. The highest BCUT2D eigenvalue weighted by atomic mass is 16.0. The Balaban J connectivity index is 0.00000289. The van der Waals surface area contributed by atoms with E-state index in [0.717, 1.165) is 31.5 Å². The first kappa shape index (κ1) is 15.9. The lowest BCUT2D eigenvalue weighted by atomic mass is 10.2. The van der Waals surface area contributed by atoms with Crippen molar-refractivity contribution in [1.29, 1.82) is 5.26 Å². The maximum atomic E-state index is 8.43. The predicted octanol–water partition coefficient (Wildman–Crippen LogP) is 0.226. The van der Waals surface area contributed by atoms with E-state index in [-0.39, 0.29) is 5.48 Å². The quantitative estimate of drug-likeness (QED) is 0.256. The number of nitriles is 1. The summed E-state index contributed by atoms with van der Waals surface area (Å²) in [6.07, 6.45) is 6.70. The number of hydrogen-bond donors (Lipinski definition) is 2. The highest BCUT2D eigenvalue weighted by Crippen LogP contribution is 2.00. The molecule has 4 N–H and O–H groups in total. The summed E-state index contributed by atoms with van der Waals surface area (Å²) in [4.78, 5) is 8.15. The third-order valence-corrected chi connectivity index (χ3v) is 2.28. The van der Waals surface area contributed by atoms with Gasteiger partial charge in [-0.05, 0) is 31.4 Å². The van der Waals surface area contributed by atoms with Crippen molar-refractivity contribution in [2.75, 3.05) is 13.6 Å². The van der Waals surface area contributed by atoms with Crippen LogP contribution in [0.25, 0.3) is 0 Å². The molecule has 1 rings (SSSR count). The zero-order valence-electron chi connectivity index (χ0n) is 10.5. The van der Waals surface area contributed by atoms with Gasteiger partial charge in [-0.3, -0.25) is 15.3 Å². The molecule has 6 nitrogen and oxygen atoms in total. The zero-order chi connectivity index (χ0) is 12.3. The Hall–Kier alpha value is -2.13. The molecular weight excluding hydrogens is 230 g/mol. The van der Waals surface area contributed by atoms with Crippen LogP contribution in [0.4, 0.5) is 0 Å². The van der Waals surface area contributed by atoms with Crippen molar-refractivity contribution in [2.45, 2.75) is 19.3 Å². The van der Waals surface area contributed by atoms with Gasteiger partial charge in [0.05, 0.1) is 0 Å². The molecule has 0 atom stereocenters. The summed E-state index contributed by atoms with van der Waals surface area (Å²) in [5.41, 5.74) is 1.12. The third kappa shape index (κ3) is 6.45. The molecule has 0 aliphatic heterocycles. The minimum atomic E-state index is 0. The van der Waals surface area contributed by atoms with Crippen LogP contribution in [0.3, 0.4) is 0 Å². The van der Waals surface area contributed by atoms with E-state index in [4.69, 9.17) is 5.26 Å². The van der Waals surface area contributed by atoms with Gasteiger partial charge in [-0.25, -0.2) is 0 Å². The van der Waals surface area contributed by atoms with Crippen molar-refractivity contribution in [3.05, 3.63) is 30.1 Å². The number of nitrogens with zero attached hydrogens (tertiary/aromatic N) is 3. The molecule has 18 heavy (non-hydrogen) atoms. The van der Waals surface area contributed by atoms with E-state index >= 15 is 0 Å². The fourth-order valence-corrected chi connectivity index (χ4v) is 1.42. The van der Waals surface area contributed by atoms with Crippen LogP contribution in [0.5, 0.6) is 0 Å². The third-order valence-electron chi connectivity index (χ3n) is 2.28. The van der Waals surface area contributed by atoms with E-state index in [1.54, 1.807) is 7.05 Å². The molecule has 1 aromatic heterocycles. The number of unbranched alkanes of at least 4 members (excludes halogenated alkanes) is 1. The minimum absolute atomic E-state index is 0. The van der Waals surface area contributed by atoms with E-state index in [1.165, 1.54) is 0 Å². The highest BCUT2D eigenvalue weighted by Gasteiger charge is 1.96. The fourth-order valence-electron chi connectivity index (χ4n) is 1.42. The van der Waals surface area contributed by atoms with Gasteiger partial charge in [-0.1, -0.05) is 6.07 Å². The van der Waals surface area contributed by atoms with Crippen molar-refractivity contribution in [1.82, 2.24) is 15.6 Å². The lowest BCUT2D eigenvalue weighted by Crippen LogP contribution is -2.34. The number of aromatic nitrogens is 1. The van der Waals surface area contributed by atoms with Crippen LogP contribution < -0.4 is 10.6 Å². The number of pyridine rings is 1. The van der Waals surface area contributed by atoms with Gasteiger partial charge in [0.2, 0.25) is 5.96 Å². The van der Waals surface area contributed by atoms with Gasteiger partial charge < -0.3 is 10.8 Å². The van der Waals surface area contributed by atoms with Crippen LogP contribution >= 0.6 is 0 Å². The molecule has 1 heterocycles. The van der Waals surface area contributed by atoms with Crippen molar-refractivity contribution in [3.8, 4) is 6.19 Å². The SMILES string of the molecule is CN=C(NC#N)NCCCCc1ccccn1.O. The molecule has 0 bridgehead atoms. The first-order valence-corrected chi connectivity index (χ1v) is 5.62. The average Bonchev–Trinajstić information content (AvgIpc) is 2.38. The summed E-state index contributed by atoms with van der Waals surface area (Å²) >= 11 is 0. The molecule has 0 spiro atoms. The highest BCUT2D eigenvalue weighted by molar-refractivity contribution is 5.80. The molecule has 0 aliphatic carbocycles. The number of nitrogens with one attached hydrogen (secondary N) is 2. The van der Waals surface area contributed by atoms with Crippen molar-refractivity contribution in [2.24, 2.45) is 4.99 Å². The van der Waals surface area contributed by atoms with Gasteiger partial charge in [-0.2, -0.15) is 5.26 Å². The van der Waals surface area contributed by atoms with Gasteiger partial charge in [0.25, 0.3) is 0 Å². The van der Waals surface area contributed by atoms with Gasteiger partial charge in [0.15, 0.2) is 6.19 Å². The molecule has 0 amide bonds. The van der Waals surface area contributed by atoms with Crippen molar-refractivity contribution < 1.29 is 5.48 Å². The monoisotopic (exact) mass is 249 g/mol. The number of guanidine groups is 1. The van der Waals surface area contributed by atoms with E-state index < -0.39 is 0 Å². The molecule has 6 heteroatoms. The molecule has 0 saturated heterocycles. The Bertz CT molecular complexity index is 385. The largest absolute Gasteiger partial charge is 0.412 e. The molecule has 0 aromatic carbocycles. The molecule has 0 aliphatic rings. The summed E-state index contributed by atoms with van der Waals surface area (Å²) in [7, 11) is 1.64. The maximum Gasteiger partial charge on any atom is 0.204 e. The topological polar surface area (TPSA) is 105 Å². The Kier molecular flexibility index (Phi) is 8.86. The molecule has 0 fully saturated rings. The number of aryl methyl sites for hydroxylation is 1. The second-order valence-electron chi connectivity index (χ2n) is 3.51. The fraction of sp³-hybridized carbons (Fsp3) is 0.417. The smallest absolute Gasteiger partial charge is 0.204 e. The summed E-state index contributed by atoms with van der Waals surface area (Å²) in [5, 5.41) is 14.0. The number of hydrogen-bond acceptors (Lipinski definition) is 3. The van der Waals surface area contributed by atoms with Gasteiger partial charge in [0, 0.05) is 25.5 Å². The Morgan fingerprint density at radius 2 is 2.28 bits per heavy atom. The lowest BCUT2D eigenvalue weighted by molar-refractivity contribution is 0.695. The van der Waals surface area contributed by atoms with Gasteiger partial charge >= 0.3 is 0 Å². The summed E-state index contributed by atoms with van der Waals surface area (Å²) in [5.74, 6) is 0.519. The Morgan fingerprint density at radius 1 is 1.44 bits per heavy atom. The summed E-state index contributed by atoms with van der Waals surface area (Å²) in [6, 6.07) is 5.95. The molecule has 0 unspecified atom stereocenters. The van der Waals surface area contributed by atoms with Crippen molar-refractivity contribution in [3.63, 3.8) is 0 Å². The first-order chi connectivity index (χ1) is 8.36. The van der Waals surface area contributed by atoms with Crippen LogP contribution in [0.2, 0.25) is 0 Å². The van der Waals surface area contributed by atoms with Crippen LogP contribution in [-0.2, 0) is 6.42 Å². The molecule has 0 saturated carbocycles. The molecule has 98 valence electrons. The molecule has 1 aromatic rings. The lowest BCUT2D eigenvalue weighted by Gasteiger charge is -2.06. The van der Waals surface area contributed by atoms with E-state index in [1.807, 2.05) is 30.6 Å². The second kappa shape index (κ2) is 10.1.